The molecule has 170 valence electrons. The summed E-state index contributed by atoms with van der Waals surface area (Å²) in [6.07, 6.45) is 4.26. The van der Waals surface area contributed by atoms with Gasteiger partial charge in [-0.05, 0) is 73.3 Å². The molecule has 2 aromatic rings. The predicted octanol–water partition coefficient (Wildman–Crippen LogP) is 7.62. The number of carbonyl (C=O) groups is 1. The molecule has 0 aliphatic carbocycles. The third kappa shape index (κ3) is 4.92. The van der Waals surface area contributed by atoms with Crippen molar-refractivity contribution in [2.24, 2.45) is 10.6 Å². The highest BCUT2D eigenvalue weighted by Crippen LogP contribution is 2.43. The number of thiophene rings is 1. The van der Waals surface area contributed by atoms with Crippen LogP contribution in [0.25, 0.3) is 0 Å². The molecule has 5 heteroatoms. The number of carboxylic acid groups (broad SMARTS) is 1. The van der Waals surface area contributed by atoms with Crippen LogP contribution in [0.15, 0.2) is 35.5 Å². The number of nitroso groups, excluding NO2 is 1. The van der Waals surface area contributed by atoms with E-state index in [9.17, 15) is 14.8 Å². The Balaban J connectivity index is 2.43. The average molecular weight is 444 g/mol. The number of aromatic carboxylic acids is 1. The zero-order chi connectivity index (χ0) is 23.4. The molecule has 1 unspecified atom stereocenters. The van der Waals surface area contributed by atoms with Crippen LogP contribution in [0.2, 0.25) is 0 Å². The highest BCUT2D eigenvalue weighted by atomic mass is 32.1. The van der Waals surface area contributed by atoms with Crippen molar-refractivity contribution in [1.82, 2.24) is 0 Å². The van der Waals surface area contributed by atoms with E-state index in [0.717, 1.165) is 30.6 Å². The van der Waals surface area contributed by atoms with Gasteiger partial charge in [0.2, 0.25) is 0 Å². The molecule has 0 radical (unpaired) electrons. The number of hydrogen-bond donors (Lipinski definition) is 1. The molecule has 0 saturated carbocycles. The first-order chi connectivity index (χ1) is 14.5. The van der Waals surface area contributed by atoms with Gasteiger partial charge in [0.25, 0.3) is 0 Å². The summed E-state index contributed by atoms with van der Waals surface area (Å²) in [5, 5.41) is 12.9. The van der Waals surface area contributed by atoms with Gasteiger partial charge in [-0.1, -0.05) is 64.9 Å². The maximum absolute atomic E-state index is 11.6. The van der Waals surface area contributed by atoms with Crippen LogP contribution >= 0.6 is 11.3 Å². The Morgan fingerprint density at radius 2 is 1.65 bits per heavy atom. The topological polar surface area (TPSA) is 66.7 Å². The Kier molecular flexibility index (Phi) is 7.85. The van der Waals surface area contributed by atoms with Crippen molar-refractivity contribution in [3.05, 3.63) is 61.7 Å². The number of nitrogens with zero attached hydrogens (tertiary/aromatic N) is 1. The van der Waals surface area contributed by atoms with Crippen molar-refractivity contribution in [1.29, 1.82) is 0 Å². The molecule has 31 heavy (non-hydrogen) atoms. The van der Waals surface area contributed by atoms with Crippen LogP contribution in [0.3, 0.4) is 0 Å². The number of aryl methyl sites for hydroxylation is 2. The van der Waals surface area contributed by atoms with Crippen molar-refractivity contribution >= 4 is 17.3 Å². The van der Waals surface area contributed by atoms with Crippen molar-refractivity contribution in [3.8, 4) is 0 Å². The molecule has 1 heterocycles. The highest BCUT2D eigenvalue weighted by Gasteiger charge is 2.39. The first-order valence-electron chi connectivity index (χ1n) is 11.3. The molecule has 0 amide bonds. The van der Waals surface area contributed by atoms with Crippen LogP contribution in [0.4, 0.5) is 0 Å². The Labute approximate surface area is 191 Å². The second-order valence-corrected chi connectivity index (χ2v) is 10.8. The maximum atomic E-state index is 11.6. The summed E-state index contributed by atoms with van der Waals surface area (Å²) >= 11 is 1.38. The lowest BCUT2D eigenvalue weighted by Gasteiger charge is -2.36. The van der Waals surface area contributed by atoms with Gasteiger partial charge in [0, 0.05) is 10.3 Å². The third-order valence-corrected chi connectivity index (χ3v) is 8.61. The van der Waals surface area contributed by atoms with Crippen LogP contribution in [0, 0.1) is 10.3 Å². The molecule has 2 rings (SSSR count). The number of carboxylic acids is 1. The van der Waals surface area contributed by atoms with Crippen LogP contribution < -0.4 is 0 Å². The Morgan fingerprint density at radius 1 is 1.00 bits per heavy atom. The van der Waals surface area contributed by atoms with Crippen molar-refractivity contribution in [2.75, 3.05) is 0 Å². The molecule has 1 N–H and O–H groups in total. The summed E-state index contributed by atoms with van der Waals surface area (Å²) in [5.74, 6) is -0.868. The van der Waals surface area contributed by atoms with E-state index in [0.29, 0.717) is 11.3 Å². The molecular weight excluding hydrogens is 406 g/mol. The van der Waals surface area contributed by atoms with Crippen LogP contribution in [-0.2, 0) is 18.3 Å². The molecule has 4 nitrogen and oxygen atoms in total. The van der Waals surface area contributed by atoms with E-state index in [1.165, 1.54) is 28.0 Å². The normalized spacial score (nSPS) is 14.3. The lowest BCUT2D eigenvalue weighted by Crippen LogP contribution is -2.38. The zero-order valence-corrected chi connectivity index (χ0v) is 20.9. The Morgan fingerprint density at radius 3 is 2.10 bits per heavy atom. The lowest BCUT2D eigenvalue weighted by atomic mass is 9.71. The van der Waals surface area contributed by atoms with Crippen LogP contribution in [-0.4, -0.2) is 16.6 Å². The molecule has 0 fully saturated rings. The van der Waals surface area contributed by atoms with E-state index in [2.05, 4.69) is 64.9 Å². The van der Waals surface area contributed by atoms with Gasteiger partial charge in [0.05, 0.1) is 0 Å². The van der Waals surface area contributed by atoms with Crippen molar-refractivity contribution in [2.45, 2.75) is 91.5 Å². The van der Waals surface area contributed by atoms with Gasteiger partial charge in [-0.25, -0.2) is 4.79 Å². The fraction of sp³-hybridized carbons (Fsp3) is 0.577. The SMILES string of the molecule is CCc1cc(C(CC)(CC)c2ccc(C(=O)O)s2)ccc1CCC(C)(N=O)C(C)(C)C. The van der Waals surface area contributed by atoms with E-state index in [1.807, 2.05) is 13.0 Å². The summed E-state index contributed by atoms with van der Waals surface area (Å²) in [4.78, 5) is 24.5. The number of benzene rings is 1. The fourth-order valence-corrected chi connectivity index (χ4v) is 5.49. The fourth-order valence-electron chi connectivity index (χ4n) is 4.29. The standard InChI is InChI=1S/C26H37NO3S/c1-8-18-17-20(12-11-19(18)15-16-25(7,27-30)24(4,5)6)26(9-2,10-3)22-14-13-21(31-22)23(28)29/h11-14,17H,8-10,15-16H2,1-7H3,(H,28,29). The average Bonchev–Trinajstić information content (AvgIpc) is 3.23. The number of rotatable bonds is 10. The monoisotopic (exact) mass is 443 g/mol. The second-order valence-electron chi connectivity index (χ2n) is 9.71. The third-order valence-electron chi connectivity index (χ3n) is 7.33. The van der Waals surface area contributed by atoms with Crippen LogP contribution in [0.1, 0.15) is 99.0 Å². The molecular formula is C26H37NO3S. The quantitative estimate of drug-likeness (QED) is 0.384. The molecule has 0 aliphatic rings. The minimum Gasteiger partial charge on any atom is -0.477 e. The minimum absolute atomic E-state index is 0.189. The van der Waals surface area contributed by atoms with Gasteiger partial charge < -0.3 is 5.11 Å². The van der Waals surface area contributed by atoms with E-state index in [1.54, 1.807) is 6.07 Å². The van der Waals surface area contributed by atoms with E-state index in [4.69, 9.17) is 0 Å². The molecule has 1 aromatic heterocycles. The van der Waals surface area contributed by atoms with Crippen molar-refractivity contribution in [3.63, 3.8) is 0 Å². The molecule has 0 saturated heterocycles. The minimum atomic E-state index is -0.868. The van der Waals surface area contributed by atoms with Crippen molar-refractivity contribution < 1.29 is 9.90 Å². The van der Waals surface area contributed by atoms with Gasteiger partial charge in [-0.2, -0.15) is 4.91 Å². The van der Waals surface area contributed by atoms with E-state index < -0.39 is 11.5 Å². The summed E-state index contributed by atoms with van der Waals surface area (Å²) in [6.45, 7) is 14.7. The Bertz CT molecular complexity index is 921. The Hall–Kier alpha value is -2.01. The van der Waals surface area contributed by atoms with Gasteiger partial charge in [0.1, 0.15) is 10.4 Å². The molecule has 0 spiro atoms. The molecule has 1 aromatic carbocycles. The first-order valence-corrected chi connectivity index (χ1v) is 12.1. The predicted molar refractivity (Wildman–Crippen MR) is 130 cm³/mol. The van der Waals surface area contributed by atoms with E-state index in [-0.39, 0.29) is 10.8 Å². The smallest absolute Gasteiger partial charge is 0.345 e. The molecule has 0 bridgehead atoms. The summed E-state index contributed by atoms with van der Waals surface area (Å²) < 4.78 is 0. The maximum Gasteiger partial charge on any atom is 0.345 e. The van der Waals surface area contributed by atoms with Crippen LogP contribution in [0.5, 0.6) is 0 Å². The van der Waals surface area contributed by atoms with Gasteiger partial charge in [-0.3, -0.25) is 0 Å². The highest BCUT2D eigenvalue weighted by molar-refractivity contribution is 7.14. The zero-order valence-electron chi connectivity index (χ0n) is 20.0. The van der Waals surface area contributed by atoms with Gasteiger partial charge in [-0.15, -0.1) is 11.3 Å². The largest absolute Gasteiger partial charge is 0.477 e. The molecule has 1 atom stereocenters. The van der Waals surface area contributed by atoms with Gasteiger partial charge in [0.15, 0.2) is 0 Å². The first kappa shape index (κ1) is 25.3. The number of hydrogen-bond acceptors (Lipinski definition) is 4. The van der Waals surface area contributed by atoms with Gasteiger partial charge >= 0.3 is 5.97 Å². The van der Waals surface area contributed by atoms with E-state index >= 15 is 0 Å². The summed E-state index contributed by atoms with van der Waals surface area (Å²) in [7, 11) is 0. The summed E-state index contributed by atoms with van der Waals surface area (Å²) in [6, 6.07) is 10.4. The summed E-state index contributed by atoms with van der Waals surface area (Å²) in [5.41, 5.74) is 2.80. The lowest BCUT2D eigenvalue weighted by molar-refractivity contribution is 0.0702. The molecule has 0 aliphatic heterocycles. The second kappa shape index (κ2) is 9.64.